The molecule has 36 heavy (non-hydrogen) atoms. The third-order valence-electron chi connectivity index (χ3n) is 5.34. The van der Waals surface area contributed by atoms with Gasteiger partial charge in [-0.1, -0.05) is 6.07 Å². The highest BCUT2D eigenvalue weighted by atomic mass is 15.0. The van der Waals surface area contributed by atoms with Crippen LogP contribution in [0.4, 0.5) is 0 Å². The predicted octanol–water partition coefficient (Wildman–Crippen LogP) is 2.61. The van der Waals surface area contributed by atoms with Gasteiger partial charge in [0, 0.05) is 5.56 Å². The zero-order valence-electron chi connectivity index (χ0n) is 17.8. The molecule has 0 atom stereocenters. The van der Waals surface area contributed by atoms with Crippen molar-refractivity contribution in [2.24, 2.45) is 0 Å². The molecule has 12 nitrogen and oxygen atoms in total. The molecule has 6 rings (SSSR count). The summed E-state index contributed by atoms with van der Waals surface area (Å²) in [4.78, 5) is 34.9. The second-order valence-corrected chi connectivity index (χ2v) is 7.45. The fourth-order valence-corrected chi connectivity index (χ4v) is 3.65. The topological polar surface area (TPSA) is 198 Å². The van der Waals surface area contributed by atoms with E-state index < -0.39 is 0 Å². The summed E-state index contributed by atoms with van der Waals surface area (Å²) in [5, 5.41) is 36.9. The Morgan fingerprint density at radius 2 is 1.03 bits per heavy atom. The van der Waals surface area contributed by atoms with Crippen molar-refractivity contribution in [1.82, 2.24) is 39.9 Å². The van der Waals surface area contributed by atoms with E-state index >= 15 is 0 Å². The van der Waals surface area contributed by atoms with Crippen molar-refractivity contribution in [1.29, 1.82) is 21.0 Å². The van der Waals surface area contributed by atoms with Crippen molar-refractivity contribution < 1.29 is 0 Å². The van der Waals surface area contributed by atoms with Gasteiger partial charge in [-0.2, -0.15) is 21.0 Å². The van der Waals surface area contributed by atoms with Crippen molar-refractivity contribution in [2.75, 3.05) is 0 Å². The summed E-state index contributed by atoms with van der Waals surface area (Å²) in [6.45, 7) is 0. The molecule has 0 aliphatic rings. The lowest BCUT2D eigenvalue weighted by molar-refractivity contribution is 1.14. The monoisotopic (exact) mass is 462 g/mol. The first kappa shape index (κ1) is 20.4. The Morgan fingerprint density at radius 3 is 1.61 bits per heavy atom. The fourth-order valence-electron chi connectivity index (χ4n) is 3.65. The maximum Gasteiger partial charge on any atom is 0.199 e. The zero-order valence-corrected chi connectivity index (χ0v) is 17.8. The second-order valence-electron chi connectivity index (χ2n) is 7.45. The van der Waals surface area contributed by atoms with E-state index in [1.165, 1.54) is 12.1 Å². The van der Waals surface area contributed by atoms with Gasteiger partial charge in [0.05, 0.1) is 45.1 Å². The lowest BCUT2D eigenvalue weighted by Gasteiger charge is -2.06. The average molecular weight is 462 g/mol. The van der Waals surface area contributed by atoms with E-state index in [4.69, 9.17) is 5.26 Å². The summed E-state index contributed by atoms with van der Waals surface area (Å²) in [5.41, 5.74) is 4.07. The van der Waals surface area contributed by atoms with Crippen LogP contribution in [0.25, 0.3) is 55.9 Å². The van der Waals surface area contributed by atoms with Gasteiger partial charge in [-0.05, 0) is 24.3 Å². The molecule has 0 spiro atoms. The number of fused-ring (bicyclic) bond motifs is 4. The summed E-state index contributed by atoms with van der Waals surface area (Å²) in [6.07, 6.45) is 1.54. The van der Waals surface area contributed by atoms with E-state index in [0.717, 1.165) is 0 Å². The molecule has 12 heteroatoms. The number of nitriles is 4. The number of hydrogen-bond acceptors (Lipinski definition) is 12. The Bertz CT molecular complexity index is 1950. The molecule has 0 N–H and O–H groups in total. The third-order valence-corrected chi connectivity index (χ3v) is 5.34. The van der Waals surface area contributed by atoms with Gasteiger partial charge in [0.1, 0.15) is 24.3 Å². The second kappa shape index (κ2) is 7.67. The van der Waals surface area contributed by atoms with Gasteiger partial charge < -0.3 is 0 Å². The molecule has 4 aromatic heterocycles. The molecule has 0 saturated heterocycles. The van der Waals surface area contributed by atoms with Crippen LogP contribution in [0.5, 0.6) is 0 Å². The molecular weight excluding hydrogens is 456 g/mol. The number of benzene rings is 2. The van der Waals surface area contributed by atoms with Crippen LogP contribution in [0.3, 0.4) is 0 Å². The molecule has 0 aliphatic carbocycles. The summed E-state index contributed by atoms with van der Waals surface area (Å²) in [5.74, 6) is 0. The maximum atomic E-state index is 9.30. The van der Waals surface area contributed by atoms with E-state index in [9.17, 15) is 15.8 Å². The lowest BCUT2D eigenvalue weighted by atomic mass is 10.1. The van der Waals surface area contributed by atoms with Crippen LogP contribution >= 0.6 is 0 Å². The van der Waals surface area contributed by atoms with Gasteiger partial charge in [0.2, 0.25) is 0 Å². The average Bonchev–Trinajstić information content (AvgIpc) is 2.92. The number of rotatable bonds is 1. The lowest BCUT2D eigenvalue weighted by Crippen LogP contribution is -2.00. The van der Waals surface area contributed by atoms with Crippen LogP contribution in [0.15, 0.2) is 36.5 Å². The molecule has 162 valence electrons. The zero-order chi connectivity index (χ0) is 24.8. The molecule has 0 radical (unpaired) electrons. The van der Waals surface area contributed by atoms with Crippen LogP contribution in [0, 0.1) is 45.3 Å². The third kappa shape index (κ3) is 3.12. The minimum Gasteiger partial charge on any atom is -0.232 e. The van der Waals surface area contributed by atoms with E-state index in [0.29, 0.717) is 39.0 Å². The van der Waals surface area contributed by atoms with Crippen molar-refractivity contribution in [3.8, 4) is 35.5 Å². The van der Waals surface area contributed by atoms with Crippen LogP contribution < -0.4 is 0 Å². The Kier molecular flexibility index (Phi) is 4.34. The highest BCUT2D eigenvalue weighted by Crippen LogP contribution is 2.24. The van der Waals surface area contributed by atoms with Gasteiger partial charge in [-0.15, -0.1) is 0 Å². The maximum absolute atomic E-state index is 9.30. The van der Waals surface area contributed by atoms with Crippen molar-refractivity contribution >= 4 is 44.7 Å². The van der Waals surface area contributed by atoms with Crippen molar-refractivity contribution in [3.63, 3.8) is 0 Å². The Balaban J connectivity index is 1.49. The Morgan fingerprint density at radius 1 is 0.500 bits per heavy atom. The van der Waals surface area contributed by atoms with Crippen molar-refractivity contribution in [2.45, 2.75) is 0 Å². The Hall–Kier alpha value is -6.24. The molecule has 2 aromatic carbocycles. The number of aromatic nitrogens is 8. The van der Waals surface area contributed by atoms with Crippen LogP contribution in [-0.4, -0.2) is 39.9 Å². The van der Waals surface area contributed by atoms with Crippen LogP contribution in [-0.2, 0) is 0 Å². The minimum absolute atomic E-state index is 0.110. The Labute approximate surface area is 200 Å². The van der Waals surface area contributed by atoms with E-state index in [1.807, 2.05) is 24.3 Å². The van der Waals surface area contributed by atoms with Gasteiger partial charge in [-0.25, -0.2) is 39.9 Å². The van der Waals surface area contributed by atoms with Gasteiger partial charge >= 0.3 is 0 Å². The molecule has 0 aliphatic heterocycles. The SMILES string of the molecule is N#Cc1cc2nc3ncc(-c4ccc5nc6nc(C#N)c(C#N)nc6nc5c4)nc3nc2cc1C#N. The van der Waals surface area contributed by atoms with E-state index in [1.54, 1.807) is 24.4 Å². The molecule has 0 unspecified atom stereocenters. The van der Waals surface area contributed by atoms with Crippen molar-refractivity contribution in [3.05, 3.63) is 59.0 Å². The summed E-state index contributed by atoms with van der Waals surface area (Å²) < 4.78 is 0. The molecule has 0 amide bonds. The first-order chi connectivity index (χ1) is 17.6. The molecule has 0 saturated carbocycles. The molecule has 0 fully saturated rings. The van der Waals surface area contributed by atoms with E-state index in [-0.39, 0.29) is 39.5 Å². The largest absolute Gasteiger partial charge is 0.232 e. The quantitative estimate of drug-likeness (QED) is 0.324. The van der Waals surface area contributed by atoms with Crippen LogP contribution in [0.2, 0.25) is 0 Å². The first-order valence-corrected chi connectivity index (χ1v) is 10.2. The molecule has 4 heterocycles. The minimum atomic E-state index is -0.123. The van der Waals surface area contributed by atoms with E-state index in [2.05, 4.69) is 39.9 Å². The number of hydrogen-bond donors (Lipinski definition) is 0. The van der Waals surface area contributed by atoms with Gasteiger partial charge in [-0.3, -0.25) is 0 Å². The van der Waals surface area contributed by atoms with Gasteiger partial charge in [0.15, 0.2) is 34.0 Å². The number of nitrogens with zero attached hydrogens (tertiary/aromatic N) is 12. The van der Waals surface area contributed by atoms with Crippen LogP contribution in [0.1, 0.15) is 22.5 Å². The molecule has 0 bridgehead atoms. The highest BCUT2D eigenvalue weighted by molar-refractivity contribution is 5.88. The molecule has 6 aromatic rings. The smallest absolute Gasteiger partial charge is 0.199 e. The summed E-state index contributed by atoms with van der Waals surface area (Å²) in [6, 6.07) is 15.9. The highest BCUT2D eigenvalue weighted by Gasteiger charge is 2.14. The first-order valence-electron chi connectivity index (χ1n) is 10.2. The molecular formula is C24H6N12. The normalized spacial score (nSPS) is 10.7. The summed E-state index contributed by atoms with van der Waals surface area (Å²) >= 11 is 0. The standard InChI is InChI=1S/C24H6N12/c25-6-12-4-16-17(5-13(12)7-26)33-22-21(31-16)29-10-20(36-22)11-1-2-14-15(3-11)32-24-23(30-14)34-18(8-27)19(9-28)35-24/h1-5,10H. The predicted molar refractivity (Wildman–Crippen MR) is 123 cm³/mol. The van der Waals surface area contributed by atoms with Gasteiger partial charge in [0.25, 0.3) is 0 Å². The fraction of sp³-hybridized carbons (Fsp3) is 0. The summed E-state index contributed by atoms with van der Waals surface area (Å²) in [7, 11) is 0.